The smallest absolute Gasteiger partial charge is 0.231 e. The van der Waals surface area contributed by atoms with E-state index in [0.717, 1.165) is 5.82 Å². The number of pyridine rings is 1. The number of fused-ring (bicyclic) bond motifs is 1. The lowest BCUT2D eigenvalue weighted by atomic mass is 9.85. The van der Waals surface area contributed by atoms with Crippen LogP contribution in [0.25, 0.3) is 0 Å². The Kier molecular flexibility index (Phi) is 2.02. The standard InChI is InChI=1S/C11H14N2O/c1-7-8(2)11(14)13(3)10-9(7)5-4-6-12-10/h4-8H,1-3H3. The Labute approximate surface area is 83.8 Å². The molecule has 0 spiro atoms. The number of carbonyl (C=O) groups excluding carboxylic acids is 1. The average Bonchev–Trinajstić information content (AvgIpc) is 2.23. The summed E-state index contributed by atoms with van der Waals surface area (Å²) < 4.78 is 0. The zero-order valence-electron chi connectivity index (χ0n) is 8.69. The summed E-state index contributed by atoms with van der Waals surface area (Å²) in [5.41, 5.74) is 1.17. The lowest BCUT2D eigenvalue weighted by Gasteiger charge is -2.33. The predicted octanol–water partition coefficient (Wildman–Crippen LogP) is 1.80. The normalized spacial score (nSPS) is 26.2. The SMILES string of the molecule is CC1C(=O)N(C)c2ncccc2C1C. The fourth-order valence-electron chi connectivity index (χ4n) is 1.94. The maximum absolute atomic E-state index is 11.8. The summed E-state index contributed by atoms with van der Waals surface area (Å²) in [5.74, 6) is 1.28. The monoisotopic (exact) mass is 190 g/mol. The van der Waals surface area contributed by atoms with Crippen LogP contribution < -0.4 is 4.90 Å². The van der Waals surface area contributed by atoms with E-state index in [1.165, 1.54) is 5.56 Å². The summed E-state index contributed by atoms with van der Waals surface area (Å²) >= 11 is 0. The highest BCUT2D eigenvalue weighted by Gasteiger charge is 2.33. The topological polar surface area (TPSA) is 33.2 Å². The molecule has 74 valence electrons. The third-order valence-corrected chi connectivity index (χ3v) is 3.10. The number of rotatable bonds is 0. The summed E-state index contributed by atoms with van der Waals surface area (Å²) in [6, 6.07) is 3.97. The van der Waals surface area contributed by atoms with Crippen molar-refractivity contribution in [1.29, 1.82) is 0 Å². The van der Waals surface area contributed by atoms with Crippen LogP contribution in [-0.2, 0) is 4.79 Å². The van der Waals surface area contributed by atoms with Gasteiger partial charge in [0.2, 0.25) is 5.91 Å². The van der Waals surface area contributed by atoms with Gasteiger partial charge in [0.15, 0.2) is 0 Å². The lowest BCUT2D eigenvalue weighted by Crippen LogP contribution is -2.39. The highest BCUT2D eigenvalue weighted by Crippen LogP contribution is 2.36. The molecule has 3 nitrogen and oxygen atoms in total. The van der Waals surface area contributed by atoms with Gasteiger partial charge in [-0.05, 0) is 17.5 Å². The summed E-state index contributed by atoms with van der Waals surface area (Å²) in [5, 5.41) is 0. The van der Waals surface area contributed by atoms with Gasteiger partial charge in [0.1, 0.15) is 5.82 Å². The average molecular weight is 190 g/mol. The van der Waals surface area contributed by atoms with E-state index in [1.54, 1.807) is 18.1 Å². The van der Waals surface area contributed by atoms with Crippen molar-refractivity contribution >= 4 is 11.7 Å². The first-order valence-electron chi connectivity index (χ1n) is 4.85. The molecule has 2 heterocycles. The van der Waals surface area contributed by atoms with E-state index in [1.807, 2.05) is 19.1 Å². The summed E-state index contributed by atoms with van der Waals surface area (Å²) in [6.07, 6.45) is 1.73. The number of hydrogen-bond acceptors (Lipinski definition) is 2. The first-order chi connectivity index (χ1) is 6.63. The van der Waals surface area contributed by atoms with Crippen LogP contribution in [0.1, 0.15) is 25.3 Å². The van der Waals surface area contributed by atoms with Gasteiger partial charge >= 0.3 is 0 Å². The Morgan fingerprint density at radius 2 is 2.07 bits per heavy atom. The molecule has 1 aromatic heterocycles. The van der Waals surface area contributed by atoms with Crippen LogP contribution in [0.3, 0.4) is 0 Å². The minimum Gasteiger partial charge on any atom is -0.299 e. The van der Waals surface area contributed by atoms with Gasteiger partial charge in [0.25, 0.3) is 0 Å². The molecule has 2 unspecified atom stereocenters. The fraction of sp³-hybridized carbons (Fsp3) is 0.455. The highest BCUT2D eigenvalue weighted by atomic mass is 16.2. The maximum Gasteiger partial charge on any atom is 0.231 e. The molecule has 1 aliphatic heterocycles. The third-order valence-electron chi connectivity index (χ3n) is 3.10. The molecule has 0 bridgehead atoms. The van der Waals surface area contributed by atoms with Crippen LogP contribution in [0.2, 0.25) is 0 Å². The number of hydrogen-bond donors (Lipinski definition) is 0. The van der Waals surface area contributed by atoms with E-state index in [4.69, 9.17) is 0 Å². The van der Waals surface area contributed by atoms with Gasteiger partial charge in [-0.3, -0.25) is 9.69 Å². The number of aromatic nitrogens is 1. The third kappa shape index (κ3) is 1.12. The Balaban J connectivity index is 2.56. The van der Waals surface area contributed by atoms with Crippen molar-refractivity contribution in [2.45, 2.75) is 19.8 Å². The molecule has 0 aromatic carbocycles. The Morgan fingerprint density at radius 3 is 2.79 bits per heavy atom. The van der Waals surface area contributed by atoms with E-state index in [-0.39, 0.29) is 17.7 Å². The number of nitrogens with zero attached hydrogens (tertiary/aromatic N) is 2. The summed E-state index contributed by atoms with van der Waals surface area (Å²) in [4.78, 5) is 17.7. The van der Waals surface area contributed by atoms with Crippen LogP contribution in [0.15, 0.2) is 18.3 Å². The van der Waals surface area contributed by atoms with Crippen LogP contribution >= 0.6 is 0 Å². The first kappa shape index (κ1) is 9.19. The molecule has 0 aliphatic carbocycles. The van der Waals surface area contributed by atoms with Crippen molar-refractivity contribution < 1.29 is 4.79 Å². The molecular formula is C11H14N2O. The second-order valence-corrected chi connectivity index (χ2v) is 3.89. The molecule has 3 heteroatoms. The van der Waals surface area contributed by atoms with Gasteiger partial charge in [-0.15, -0.1) is 0 Å². The molecule has 1 amide bonds. The quantitative estimate of drug-likeness (QED) is 0.625. The van der Waals surface area contributed by atoms with Crippen molar-refractivity contribution in [3.05, 3.63) is 23.9 Å². The van der Waals surface area contributed by atoms with Crippen molar-refractivity contribution in [1.82, 2.24) is 4.98 Å². The van der Waals surface area contributed by atoms with Gasteiger partial charge in [-0.2, -0.15) is 0 Å². The van der Waals surface area contributed by atoms with Crippen LogP contribution in [-0.4, -0.2) is 17.9 Å². The molecule has 14 heavy (non-hydrogen) atoms. The molecule has 1 aromatic rings. The van der Waals surface area contributed by atoms with E-state index in [2.05, 4.69) is 11.9 Å². The Hall–Kier alpha value is -1.38. The van der Waals surface area contributed by atoms with Crippen LogP contribution in [0.4, 0.5) is 5.82 Å². The fourth-order valence-corrected chi connectivity index (χ4v) is 1.94. The largest absolute Gasteiger partial charge is 0.299 e. The molecule has 0 saturated heterocycles. The van der Waals surface area contributed by atoms with Crippen LogP contribution in [0.5, 0.6) is 0 Å². The van der Waals surface area contributed by atoms with Gasteiger partial charge in [-0.25, -0.2) is 4.98 Å². The van der Waals surface area contributed by atoms with E-state index in [9.17, 15) is 4.79 Å². The van der Waals surface area contributed by atoms with Crippen LogP contribution in [0, 0.1) is 5.92 Å². The maximum atomic E-state index is 11.8. The molecule has 0 saturated carbocycles. The first-order valence-corrected chi connectivity index (χ1v) is 4.85. The van der Waals surface area contributed by atoms with E-state index >= 15 is 0 Å². The predicted molar refractivity (Wildman–Crippen MR) is 55.2 cm³/mol. The van der Waals surface area contributed by atoms with Crippen molar-refractivity contribution in [3.8, 4) is 0 Å². The van der Waals surface area contributed by atoms with Crippen molar-refractivity contribution in [2.24, 2.45) is 5.92 Å². The van der Waals surface area contributed by atoms with Gasteiger partial charge in [-0.1, -0.05) is 19.9 Å². The Bertz CT molecular complexity index is 375. The number of amides is 1. The highest BCUT2D eigenvalue weighted by molar-refractivity contribution is 5.97. The lowest BCUT2D eigenvalue weighted by molar-refractivity contribution is -0.122. The van der Waals surface area contributed by atoms with E-state index < -0.39 is 0 Å². The van der Waals surface area contributed by atoms with Gasteiger partial charge in [0, 0.05) is 19.2 Å². The van der Waals surface area contributed by atoms with Crippen molar-refractivity contribution in [2.75, 3.05) is 11.9 Å². The summed E-state index contributed by atoms with van der Waals surface area (Å²) in [6.45, 7) is 4.05. The molecule has 0 N–H and O–H groups in total. The zero-order valence-corrected chi connectivity index (χ0v) is 8.69. The van der Waals surface area contributed by atoms with Crippen molar-refractivity contribution in [3.63, 3.8) is 0 Å². The van der Waals surface area contributed by atoms with Gasteiger partial charge in [0.05, 0.1) is 0 Å². The Morgan fingerprint density at radius 1 is 1.36 bits per heavy atom. The summed E-state index contributed by atoms with van der Waals surface area (Å²) in [7, 11) is 1.79. The van der Waals surface area contributed by atoms with Gasteiger partial charge < -0.3 is 0 Å². The number of carbonyl (C=O) groups is 1. The minimum atomic E-state index is 0.0525. The molecular weight excluding hydrogens is 176 g/mol. The minimum absolute atomic E-state index is 0.0525. The second kappa shape index (κ2) is 3.08. The molecule has 1 aliphatic rings. The molecule has 2 rings (SSSR count). The molecule has 0 fully saturated rings. The zero-order chi connectivity index (χ0) is 10.3. The molecule has 2 atom stereocenters. The second-order valence-electron chi connectivity index (χ2n) is 3.89. The number of anilines is 1. The van der Waals surface area contributed by atoms with E-state index in [0.29, 0.717) is 0 Å². The molecule has 0 radical (unpaired) electrons.